The molecule has 0 radical (unpaired) electrons. The van der Waals surface area contributed by atoms with Gasteiger partial charge in [-0.15, -0.1) is 0 Å². The molecular formula is C23H27ClN2O3. The molecule has 2 N–H and O–H groups in total. The highest BCUT2D eigenvalue weighted by atomic mass is 35.5. The van der Waals surface area contributed by atoms with E-state index >= 15 is 0 Å². The zero-order valence-electron chi connectivity index (χ0n) is 16.6. The molecule has 0 aromatic heterocycles. The molecule has 1 heterocycles. The molecule has 154 valence electrons. The Bertz CT molecular complexity index is 846. The minimum Gasteiger partial charge on any atom is -1.00 e. The first-order valence-corrected chi connectivity index (χ1v) is 9.71. The maximum Gasteiger partial charge on any atom is 0.251 e. The number of benzene rings is 2. The molecule has 2 aromatic rings. The van der Waals surface area contributed by atoms with Gasteiger partial charge in [0.25, 0.3) is 5.91 Å². The maximum absolute atomic E-state index is 12.5. The summed E-state index contributed by atoms with van der Waals surface area (Å²) in [5.41, 5.74) is 2.86. The van der Waals surface area contributed by atoms with Crippen molar-refractivity contribution in [2.24, 2.45) is 0 Å². The number of quaternary nitrogens is 1. The Balaban J connectivity index is 0.00000300. The van der Waals surface area contributed by atoms with Gasteiger partial charge >= 0.3 is 0 Å². The van der Waals surface area contributed by atoms with Crippen LogP contribution < -0.4 is 22.6 Å². The van der Waals surface area contributed by atoms with Gasteiger partial charge in [0, 0.05) is 16.8 Å². The lowest BCUT2D eigenvalue weighted by molar-refractivity contribution is -0.907. The highest BCUT2D eigenvalue weighted by Gasteiger charge is 2.16. The summed E-state index contributed by atoms with van der Waals surface area (Å²) in [6.07, 6.45) is 2.34. The number of anilines is 1. The predicted molar refractivity (Wildman–Crippen MR) is 110 cm³/mol. The topological polar surface area (TPSA) is 59.8 Å². The Hall–Kier alpha value is -2.47. The zero-order chi connectivity index (χ0) is 19.8. The lowest BCUT2D eigenvalue weighted by atomic mass is 10.1. The third-order valence-corrected chi connectivity index (χ3v) is 4.89. The summed E-state index contributed by atoms with van der Waals surface area (Å²) in [7, 11) is 0. The molecule has 0 aliphatic carbocycles. The van der Waals surface area contributed by atoms with Gasteiger partial charge in [-0.2, -0.15) is 0 Å². The number of ketones is 1. The van der Waals surface area contributed by atoms with Crippen LogP contribution in [0.2, 0.25) is 0 Å². The minimum absolute atomic E-state index is 0. The lowest BCUT2D eigenvalue weighted by Gasteiger charge is -2.23. The van der Waals surface area contributed by atoms with Crippen molar-refractivity contribution in [3.05, 3.63) is 71.3 Å². The average molecular weight is 415 g/mol. The molecule has 0 unspecified atom stereocenters. The maximum atomic E-state index is 12.5. The van der Waals surface area contributed by atoms with E-state index in [9.17, 15) is 9.59 Å². The number of morpholine rings is 1. The molecule has 3 rings (SSSR count). The van der Waals surface area contributed by atoms with Crippen molar-refractivity contribution in [1.82, 2.24) is 0 Å². The second-order valence-electron chi connectivity index (χ2n) is 7.06. The van der Waals surface area contributed by atoms with E-state index in [1.165, 1.54) is 4.90 Å². The van der Waals surface area contributed by atoms with Crippen molar-refractivity contribution >= 4 is 23.5 Å². The number of carbonyl (C=O) groups is 2. The van der Waals surface area contributed by atoms with Crippen LogP contribution in [0.15, 0.2) is 60.2 Å². The van der Waals surface area contributed by atoms with Crippen LogP contribution in [0.4, 0.5) is 5.69 Å². The minimum atomic E-state index is -0.175. The molecule has 0 bridgehead atoms. The highest BCUT2D eigenvalue weighted by molar-refractivity contribution is 6.07. The van der Waals surface area contributed by atoms with Crippen molar-refractivity contribution in [2.75, 3.05) is 38.2 Å². The molecule has 0 atom stereocenters. The van der Waals surface area contributed by atoms with E-state index in [0.29, 0.717) is 23.2 Å². The molecule has 5 nitrogen and oxygen atoms in total. The predicted octanol–water partition coefficient (Wildman–Crippen LogP) is -0.779. The SMILES string of the molecule is C/C(=C\c1ccccc1)C(=O)Nc1cccc(C(=O)CC[NH+]2CCOCC2)c1.[Cl-]. The van der Waals surface area contributed by atoms with Crippen molar-refractivity contribution in [3.63, 3.8) is 0 Å². The van der Waals surface area contributed by atoms with Crippen LogP contribution in [0.1, 0.15) is 29.3 Å². The Morgan fingerprint density at radius 3 is 2.52 bits per heavy atom. The Morgan fingerprint density at radius 1 is 1.07 bits per heavy atom. The van der Waals surface area contributed by atoms with Gasteiger partial charge in [0.05, 0.1) is 26.2 Å². The Morgan fingerprint density at radius 2 is 1.79 bits per heavy atom. The highest BCUT2D eigenvalue weighted by Crippen LogP contribution is 2.14. The second-order valence-corrected chi connectivity index (χ2v) is 7.06. The average Bonchev–Trinajstić information content (AvgIpc) is 2.73. The van der Waals surface area contributed by atoms with Crippen LogP contribution in [0, 0.1) is 0 Å². The monoisotopic (exact) mass is 414 g/mol. The molecule has 1 saturated heterocycles. The van der Waals surface area contributed by atoms with Gasteiger partial charge in [0.2, 0.25) is 0 Å². The van der Waals surface area contributed by atoms with Gasteiger partial charge in [-0.1, -0.05) is 42.5 Å². The van der Waals surface area contributed by atoms with Gasteiger partial charge < -0.3 is 27.4 Å². The van der Waals surface area contributed by atoms with E-state index in [1.807, 2.05) is 36.4 Å². The van der Waals surface area contributed by atoms with Crippen molar-refractivity contribution in [3.8, 4) is 0 Å². The van der Waals surface area contributed by atoms with Crippen molar-refractivity contribution in [2.45, 2.75) is 13.3 Å². The summed E-state index contributed by atoms with van der Waals surface area (Å²) in [6, 6.07) is 16.9. The third-order valence-electron chi connectivity index (χ3n) is 4.89. The van der Waals surface area contributed by atoms with E-state index in [0.717, 1.165) is 38.4 Å². The molecule has 2 aromatic carbocycles. The molecule has 0 saturated carbocycles. The summed E-state index contributed by atoms with van der Waals surface area (Å²) >= 11 is 0. The lowest BCUT2D eigenvalue weighted by Crippen LogP contribution is -3.14. The zero-order valence-corrected chi connectivity index (χ0v) is 17.4. The molecule has 1 fully saturated rings. The molecule has 29 heavy (non-hydrogen) atoms. The van der Waals surface area contributed by atoms with E-state index in [2.05, 4.69) is 5.32 Å². The van der Waals surface area contributed by atoms with Crippen molar-refractivity contribution < 1.29 is 31.6 Å². The number of ether oxygens (including phenoxy) is 1. The summed E-state index contributed by atoms with van der Waals surface area (Å²) in [5, 5.41) is 2.88. The van der Waals surface area contributed by atoms with Crippen LogP contribution in [-0.4, -0.2) is 44.5 Å². The number of halogens is 1. The van der Waals surface area contributed by atoms with Gasteiger partial charge in [0.15, 0.2) is 5.78 Å². The quantitative estimate of drug-likeness (QED) is 0.461. The normalized spacial score (nSPS) is 14.7. The van der Waals surface area contributed by atoms with Crippen LogP contribution in [0.5, 0.6) is 0 Å². The first-order valence-electron chi connectivity index (χ1n) is 9.71. The summed E-state index contributed by atoms with van der Waals surface area (Å²) < 4.78 is 5.35. The number of nitrogens with one attached hydrogen (secondary N) is 2. The molecule has 1 aliphatic rings. The number of amides is 1. The second kappa shape index (κ2) is 11.5. The van der Waals surface area contributed by atoms with Crippen LogP contribution in [0.3, 0.4) is 0 Å². The smallest absolute Gasteiger partial charge is 0.251 e. The largest absolute Gasteiger partial charge is 1.00 e. The Kier molecular flexibility index (Phi) is 9.06. The van der Waals surface area contributed by atoms with Gasteiger partial charge in [-0.05, 0) is 30.7 Å². The molecule has 1 aliphatic heterocycles. The number of hydrogen-bond acceptors (Lipinski definition) is 3. The third kappa shape index (κ3) is 7.13. The summed E-state index contributed by atoms with van der Waals surface area (Å²) in [5.74, 6) is -0.0714. The van der Waals surface area contributed by atoms with Crippen LogP contribution >= 0.6 is 0 Å². The first kappa shape index (κ1) is 22.8. The van der Waals surface area contributed by atoms with Gasteiger partial charge in [0.1, 0.15) is 13.1 Å². The molecule has 6 heteroatoms. The van der Waals surface area contributed by atoms with E-state index in [4.69, 9.17) is 4.74 Å². The summed E-state index contributed by atoms with van der Waals surface area (Å²) in [4.78, 5) is 26.4. The number of carbonyl (C=O) groups excluding carboxylic acids is 2. The molecule has 1 amide bonds. The standard InChI is InChI=1S/C23H26N2O3.ClH/c1-18(16-19-6-3-2-4-7-19)23(27)24-21-9-5-8-20(17-21)22(26)10-11-25-12-14-28-15-13-25;/h2-9,16-17H,10-15H2,1H3,(H,24,27);1H/b18-16+;. The number of hydrogen-bond donors (Lipinski definition) is 2. The van der Waals surface area contributed by atoms with Crippen molar-refractivity contribution in [1.29, 1.82) is 0 Å². The fraction of sp³-hybridized carbons (Fsp3) is 0.304. The van der Waals surface area contributed by atoms with Gasteiger partial charge in [-0.25, -0.2) is 0 Å². The van der Waals surface area contributed by atoms with Crippen LogP contribution in [0.25, 0.3) is 6.08 Å². The van der Waals surface area contributed by atoms with E-state index in [-0.39, 0.29) is 24.1 Å². The first-order chi connectivity index (χ1) is 13.6. The molecular weight excluding hydrogens is 388 g/mol. The van der Waals surface area contributed by atoms with E-state index < -0.39 is 0 Å². The Labute approximate surface area is 178 Å². The van der Waals surface area contributed by atoms with Crippen LogP contribution in [-0.2, 0) is 9.53 Å². The summed E-state index contributed by atoms with van der Waals surface area (Å²) in [6.45, 7) is 6.04. The number of rotatable bonds is 7. The van der Waals surface area contributed by atoms with Gasteiger partial charge in [-0.3, -0.25) is 9.59 Å². The fourth-order valence-corrected chi connectivity index (χ4v) is 3.21. The fourth-order valence-electron chi connectivity index (χ4n) is 3.21. The van der Waals surface area contributed by atoms with E-state index in [1.54, 1.807) is 31.2 Å². The number of Topliss-reactive ketones (excluding diaryl/α,β-unsaturated/α-hetero) is 1. The molecule has 0 spiro atoms.